The average Bonchev–Trinajstić information content (AvgIpc) is 2.73. The minimum absolute atomic E-state index is 0.219. The third-order valence-electron chi connectivity index (χ3n) is 4.52. The van der Waals surface area contributed by atoms with Crippen LogP contribution in [-0.4, -0.2) is 23.8 Å². The standard InChI is InChI=1S/C23H23N3O2/c1-16(2)19-11-7-8-12-20(19)25-22(27)17-13-14-24-21(15-17)23(28)26(3)18-9-5-4-6-10-18/h4-16H,1-3H3,(H,25,27). The van der Waals surface area contributed by atoms with Gasteiger partial charge < -0.3 is 10.2 Å². The van der Waals surface area contributed by atoms with E-state index in [0.717, 1.165) is 16.9 Å². The van der Waals surface area contributed by atoms with Gasteiger partial charge in [0.25, 0.3) is 11.8 Å². The Morgan fingerprint density at radius 2 is 1.64 bits per heavy atom. The molecule has 0 radical (unpaired) electrons. The zero-order valence-electron chi connectivity index (χ0n) is 16.2. The van der Waals surface area contributed by atoms with Gasteiger partial charge in [-0.3, -0.25) is 14.6 Å². The first-order valence-corrected chi connectivity index (χ1v) is 9.17. The van der Waals surface area contributed by atoms with Crippen LogP contribution in [0.4, 0.5) is 11.4 Å². The Balaban J connectivity index is 1.81. The Morgan fingerprint density at radius 3 is 2.36 bits per heavy atom. The number of nitrogens with zero attached hydrogens (tertiary/aromatic N) is 2. The Morgan fingerprint density at radius 1 is 0.964 bits per heavy atom. The van der Waals surface area contributed by atoms with Crippen LogP contribution in [0.1, 0.15) is 46.2 Å². The van der Waals surface area contributed by atoms with E-state index in [1.807, 2.05) is 54.6 Å². The highest BCUT2D eigenvalue weighted by atomic mass is 16.2. The zero-order chi connectivity index (χ0) is 20.1. The van der Waals surface area contributed by atoms with Gasteiger partial charge in [-0.05, 0) is 41.8 Å². The summed E-state index contributed by atoms with van der Waals surface area (Å²) in [5.74, 6) is -0.263. The Bertz CT molecular complexity index is 984. The third-order valence-corrected chi connectivity index (χ3v) is 4.52. The van der Waals surface area contributed by atoms with E-state index >= 15 is 0 Å². The molecule has 0 saturated carbocycles. The minimum Gasteiger partial charge on any atom is -0.322 e. The molecule has 3 rings (SSSR count). The molecule has 0 fully saturated rings. The van der Waals surface area contributed by atoms with Crippen molar-refractivity contribution < 1.29 is 9.59 Å². The summed E-state index contributed by atoms with van der Waals surface area (Å²) in [6.07, 6.45) is 1.48. The fraction of sp³-hybridized carbons (Fsp3) is 0.174. The number of rotatable bonds is 5. The molecule has 0 spiro atoms. The molecule has 0 bridgehead atoms. The number of carbonyl (C=O) groups is 2. The SMILES string of the molecule is CC(C)c1ccccc1NC(=O)c1ccnc(C(=O)N(C)c2ccccc2)c1. The number of carbonyl (C=O) groups excluding carboxylic acids is 2. The van der Waals surface area contributed by atoms with E-state index in [0.29, 0.717) is 5.56 Å². The van der Waals surface area contributed by atoms with Gasteiger partial charge in [0, 0.05) is 30.2 Å². The van der Waals surface area contributed by atoms with Crippen LogP contribution in [0.5, 0.6) is 0 Å². The number of hydrogen-bond donors (Lipinski definition) is 1. The number of hydrogen-bond acceptors (Lipinski definition) is 3. The van der Waals surface area contributed by atoms with Crippen molar-refractivity contribution in [1.29, 1.82) is 0 Å². The van der Waals surface area contributed by atoms with Crippen LogP contribution in [0, 0.1) is 0 Å². The first-order valence-electron chi connectivity index (χ1n) is 9.17. The van der Waals surface area contributed by atoms with Crippen LogP contribution in [0.2, 0.25) is 0 Å². The molecule has 0 aliphatic carbocycles. The Kier molecular flexibility index (Phi) is 5.84. The number of aromatic nitrogens is 1. The van der Waals surface area contributed by atoms with Crippen LogP contribution < -0.4 is 10.2 Å². The molecule has 5 nitrogen and oxygen atoms in total. The summed E-state index contributed by atoms with van der Waals surface area (Å²) in [5, 5.41) is 2.94. The van der Waals surface area contributed by atoms with Gasteiger partial charge in [0.15, 0.2) is 0 Å². The van der Waals surface area contributed by atoms with Gasteiger partial charge in [0.05, 0.1) is 0 Å². The number of amides is 2. The number of anilines is 2. The molecule has 0 saturated heterocycles. The first-order chi connectivity index (χ1) is 13.5. The van der Waals surface area contributed by atoms with E-state index in [9.17, 15) is 9.59 Å². The van der Waals surface area contributed by atoms with E-state index in [2.05, 4.69) is 24.1 Å². The molecule has 0 atom stereocenters. The highest BCUT2D eigenvalue weighted by molar-refractivity contribution is 6.08. The summed E-state index contributed by atoms with van der Waals surface area (Å²) >= 11 is 0. The Hall–Kier alpha value is -3.47. The van der Waals surface area contributed by atoms with E-state index in [1.165, 1.54) is 17.2 Å². The van der Waals surface area contributed by atoms with Gasteiger partial charge in [0.2, 0.25) is 0 Å². The molecule has 2 amide bonds. The molecule has 1 heterocycles. The van der Waals surface area contributed by atoms with E-state index < -0.39 is 0 Å². The lowest BCUT2D eigenvalue weighted by atomic mass is 10.0. The smallest absolute Gasteiger partial charge is 0.276 e. The predicted octanol–water partition coefficient (Wildman–Crippen LogP) is 4.73. The molecular weight excluding hydrogens is 350 g/mol. The highest BCUT2D eigenvalue weighted by Crippen LogP contribution is 2.24. The number of pyridine rings is 1. The molecule has 142 valence electrons. The molecule has 5 heteroatoms. The van der Waals surface area contributed by atoms with Crippen molar-refractivity contribution in [1.82, 2.24) is 4.98 Å². The van der Waals surface area contributed by atoms with Crippen molar-refractivity contribution >= 4 is 23.2 Å². The molecule has 1 aromatic heterocycles. The maximum atomic E-state index is 12.8. The predicted molar refractivity (Wildman–Crippen MR) is 112 cm³/mol. The second kappa shape index (κ2) is 8.48. The summed E-state index contributed by atoms with van der Waals surface area (Å²) in [7, 11) is 1.69. The second-order valence-corrected chi connectivity index (χ2v) is 6.83. The monoisotopic (exact) mass is 373 g/mol. The highest BCUT2D eigenvalue weighted by Gasteiger charge is 2.17. The fourth-order valence-electron chi connectivity index (χ4n) is 2.94. The second-order valence-electron chi connectivity index (χ2n) is 6.83. The van der Waals surface area contributed by atoms with Crippen molar-refractivity contribution in [3.8, 4) is 0 Å². The Labute approximate surface area is 165 Å². The topological polar surface area (TPSA) is 62.3 Å². The minimum atomic E-state index is -0.275. The summed E-state index contributed by atoms with van der Waals surface area (Å²) < 4.78 is 0. The van der Waals surface area contributed by atoms with Crippen molar-refractivity contribution in [2.45, 2.75) is 19.8 Å². The molecule has 0 unspecified atom stereocenters. The van der Waals surface area contributed by atoms with E-state index in [1.54, 1.807) is 13.1 Å². The zero-order valence-corrected chi connectivity index (χ0v) is 16.2. The molecule has 2 aromatic carbocycles. The van der Waals surface area contributed by atoms with Crippen molar-refractivity contribution in [3.05, 3.63) is 89.7 Å². The lowest BCUT2D eigenvalue weighted by Crippen LogP contribution is -2.27. The van der Waals surface area contributed by atoms with Crippen molar-refractivity contribution in [3.63, 3.8) is 0 Å². The molecular formula is C23H23N3O2. The van der Waals surface area contributed by atoms with Gasteiger partial charge in [-0.2, -0.15) is 0 Å². The summed E-state index contributed by atoms with van der Waals surface area (Å²) in [6.45, 7) is 4.15. The van der Waals surface area contributed by atoms with Crippen molar-refractivity contribution in [2.75, 3.05) is 17.3 Å². The van der Waals surface area contributed by atoms with Crippen LogP contribution in [-0.2, 0) is 0 Å². The van der Waals surface area contributed by atoms with Gasteiger partial charge in [-0.1, -0.05) is 50.2 Å². The number of benzene rings is 2. The van der Waals surface area contributed by atoms with E-state index in [-0.39, 0.29) is 23.4 Å². The van der Waals surface area contributed by atoms with Crippen LogP contribution in [0.15, 0.2) is 72.9 Å². The molecule has 28 heavy (non-hydrogen) atoms. The summed E-state index contributed by atoms with van der Waals surface area (Å²) in [4.78, 5) is 31.2. The van der Waals surface area contributed by atoms with Crippen LogP contribution in [0.3, 0.4) is 0 Å². The number of nitrogens with one attached hydrogen (secondary N) is 1. The lowest BCUT2D eigenvalue weighted by molar-refractivity contribution is 0.0988. The lowest BCUT2D eigenvalue weighted by Gasteiger charge is -2.17. The van der Waals surface area contributed by atoms with Crippen molar-refractivity contribution in [2.24, 2.45) is 0 Å². The maximum Gasteiger partial charge on any atom is 0.276 e. The molecule has 0 aliphatic rings. The summed E-state index contributed by atoms with van der Waals surface area (Å²) in [5.41, 5.74) is 3.20. The normalized spacial score (nSPS) is 10.6. The summed E-state index contributed by atoms with van der Waals surface area (Å²) in [6, 6.07) is 20.1. The van der Waals surface area contributed by atoms with Crippen LogP contribution >= 0.6 is 0 Å². The molecule has 1 N–H and O–H groups in total. The van der Waals surface area contributed by atoms with Gasteiger partial charge >= 0.3 is 0 Å². The molecule has 3 aromatic rings. The molecule has 0 aliphatic heterocycles. The first kappa shape index (κ1) is 19.3. The van der Waals surface area contributed by atoms with Crippen LogP contribution in [0.25, 0.3) is 0 Å². The van der Waals surface area contributed by atoms with Gasteiger partial charge in [-0.15, -0.1) is 0 Å². The maximum absolute atomic E-state index is 12.8. The van der Waals surface area contributed by atoms with Gasteiger partial charge in [-0.25, -0.2) is 0 Å². The van der Waals surface area contributed by atoms with Gasteiger partial charge in [0.1, 0.15) is 5.69 Å². The third kappa shape index (κ3) is 4.26. The quantitative estimate of drug-likeness (QED) is 0.703. The fourth-order valence-corrected chi connectivity index (χ4v) is 2.94. The average molecular weight is 373 g/mol. The number of para-hydroxylation sites is 2. The largest absolute Gasteiger partial charge is 0.322 e. The van der Waals surface area contributed by atoms with E-state index in [4.69, 9.17) is 0 Å².